The van der Waals surface area contributed by atoms with Gasteiger partial charge in [-0.05, 0) is 38.1 Å². The van der Waals surface area contributed by atoms with E-state index < -0.39 is 0 Å². The smallest absolute Gasteiger partial charge is 0.254 e. The molecule has 2 heterocycles. The SMILES string of the molecule is Cc1noc(C)c1CSc1ncccc1C(=O)NCC#Cc1ccccc1. The van der Waals surface area contributed by atoms with Gasteiger partial charge in [0.25, 0.3) is 5.91 Å². The highest BCUT2D eigenvalue weighted by Gasteiger charge is 2.15. The summed E-state index contributed by atoms with van der Waals surface area (Å²) in [5, 5.41) is 7.46. The fourth-order valence-electron chi connectivity index (χ4n) is 2.41. The van der Waals surface area contributed by atoms with E-state index in [1.807, 2.05) is 44.2 Å². The highest BCUT2D eigenvalue weighted by atomic mass is 32.2. The standard InChI is InChI=1S/C21H19N3O2S/c1-15-19(16(2)26-24-15)14-27-21-18(11-7-13-23-21)20(25)22-12-6-10-17-8-4-3-5-9-17/h3-5,7-9,11,13H,12,14H2,1-2H3,(H,22,25). The fourth-order valence-corrected chi connectivity index (χ4v) is 3.56. The summed E-state index contributed by atoms with van der Waals surface area (Å²) in [6.07, 6.45) is 1.68. The molecule has 1 aromatic carbocycles. The molecule has 27 heavy (non-hydrogen) atoms. The van der Waals surface area contributed by atoms with Crippen LogP contribution in [-0.4, -0.2) is 22.6 Å². The van der Waals surface area contributed by atoms with Gasteiger partial charge < -0.3 is 9.84 Å². The zero-order valence-electron chi connectivity index (χ0n) is 15.2. The molecular formula is C21H19N3O2S. The molecule has 0 saturated heterocycles. The molecule has 1 amide bonds. The van der Waals surface area contributed by atoms with Crippen molar-refractivity contribution in [1.82, 2.24) is 15.5 Å². The minimum absolute atomic E-state index is 0.188. The topological polar surface area (TPSA) is 68.0 Å². The van der Waals surface area contributed by atoms with Gasteiger partial charge >= 0.3 is 0 Å². The van der Waals surface area contributed by atoms with Crippen molar-refractivity contribution in [2.45, 2.75) is 24.6 Å². The molecule has 2 aromatic heterocycles. The summed E-state index contributed by atoms with van der Waals surface area (Å²) in [6.45, 7) is 4.06. The highest BCUT2D eigenvalue weighted by molar-refractivity contribution is 7.98. The maximum atomic E-state index is 12.5. The van der Waals surface area contributed by atoms with Crippen LogP contribution in [0.4, 0.5) is 0 Å². The van der Waals surface area contributed by atoms with Crippen molar-refractivity contribution in [3.05, 3.63) is 76.8 Å². The zero-order chi connectivity index (χ0) is 19.1. The Hall–Kier alpha value is -3.04. The van der Waals surface area contributed by atoms with Gasteiger partial charge in [-0.2, -0.15) is 0 Å². The number of carbonyl (C=O) groups is 1. The number of carbonyl (C=O) groups excluding carboxylic acids is 1. The second kappa shape index (κ2) is 9.06. The third kappa shape index (κ3) is 4.99. The summed E-state index contributed by atoms with van der Waals surface area (Å²) >= 11 is 1.49. The average Bonchev–Trinajstić information content (AvgIpc) is 3.02. The summed E-state index contributed by atoms with van der Waals surface area (Å²) in [4.78, 5) is 16.9. The number of pyridine rings is 1. The summed E-state index contributed by atoms with van der Waals surface area (Å²) in [6, 6.07) is 13.2. The molecule has 0 aliphatic heterocycles. The largest absolute Gasteiger partial charge is 0.361 e. The number of hydrogen-bond donors (Lipinski definition) is 1. The van der Waals surface area contributed by atoms with Crippen LogP contribution in [0.3, 0.4) is 0 Å². The first kappa shape index (κ1) is 18.7. The van der Waals surface area contributed by atoms with E-state index in [-0.39, 0.29) is 12.5 Å². The predicted octanol–water partition coefficient (Wildman–Crippen LogP) is 3.76. The summed E-state index contributed by atoms with van der Waals surface area (Å²) in [7, 11) is 0. The number of nitrogens with one attached hydrogen (secondary N) is 1. The Morgan fingerprint density at radius 3 is 2.74 bits per heavy atom. The van der Waals surface area contributed by atoms with Gasteiger partial charge in [0.1, 0.15) is 10.8 Å². The molecule has 0 aliphatic rings. The Labute approximate surface area is 162 Å². The van der Waals surface area contributed by atoms with E-state index in [9.17, 15) is 4.79 Å². The van der Waals surface area contributed by atoms with E-state index in [2.05, 4.69) is 27.3 Å². The summed E-state index contributed by atoms with van der Waals surface area (Å²) < 4.78 is 5.19. The van der Waals surface area contributed by atoms with Gasteiger partial charge in [0, 0.05) is 23.1 Å². The molecular weight excluding hydrogens is 358 g/mol. The van der Waals surface area contributed by atoms with Crippen LogP contribution in [0, 0.1) is 25.7 Å². The van der Waals surface area contributed by atoms with Crippen LogP contribution in [0.2, 0.25) is 0 Å². The van der Waals surface area contributed by atoms with Crippen molar-refractivity contribution >= 4 is 17.7 Å². The number of nitrogens with zero attached hydrogens (tertiary/aromatic N) is 2. The summed E-state index contributed by atoms with van der Waals surface area (Å²) in [5.74, 6) is 7.23. The van der Waals surface area contributed by atoms with Gasteiger partial charge in [-0.15, -0.1) is 11.8 Å². The molecule has 0 fully saturated rings. The van der Waals surface area contributed by atoms with Crippen LogP contribution in [-0.2, 0) is 5.75 Å². The number of aryl methyl sites for hydroxylation is 2. The van der Waals surface area contributed by atoms with Crippen LogP contribution in [0.5, 0.6) is 0 Å². The van der Waals surface area contributed by atoms with Crippen LogP contribution in [0.1, 0.15) is 32.9 Å². The summed E-state index contributed by atoms with van der Waals surface area (Å²) in [5.41, 5.74) is 3.35. The number of rotatable bonds is 5. The number of amides is 1. The molecule has 1 N–H and O–H groups in total. The van der Waals surface area contributed by atoms with E-state index >= 15 is 0 Å². The highest BCUT2D eigenvalue weighted by Crippen LogP contribution is 2.27. The van der Waals surface area contributed by atoms with Crippen LogP contribution < -0.4 is 5.32 Å². The van der Waals surface area contributed by atoms with E-state index in [0.717, 1.165) is 22.6 Å². The minimum Gasteiger partial charge on any atom is -0.361 e. The van der Waals surface area contributed by atoms with Crippen molar-refractivity contribution in [2.75, 3.05) is 6.54 Å². The van der Waals surface area contributed by atoms with Crippen LogP contribution in [0.25, 0.3) is 0 Å². The maximum absolute atomic E-state index is 12.5. The van der Waals surface area contributed by atoms with Crippen molar-refractivity contribution in [3.8, 4) is 11.8 Å². The molecule has 0 saturated carbocycles. The van der Waals surface area contributed by atoms with Gasteiger partial charge in [0.15, 0.2) is 0 Å². The third-order valence-corrected chi connectivity index (χ3v) is 4.93. The van der Waals surface area contributed by atoms with E-state index in [1.165, 1.54) is 11.8 Å². The Bertz CT molecular complexity index is 968. The molecule has 6 heteroatoms. The van der Waals surface area contributed by atoms with Crippen LogP contribution in [0.15, 0.2) is 58.2 Å². The lowest BCUT2D eigenvalue weighted by atomic mass is 10.2. The molecule has 5 nitrogen and oxygen atoms in total. The Kier molecular flexibility index (Phi) is 6.29. The predicted molar refractivity (Wildman–Crippen MR) is 105 cm³/mol. The lowest BCUT2D eigenvalue weighted by Crippen LogP contribution is -2.24. The lowest BCUT2D eigenvalue weighted by Gasteiger charge is -2.07. The van der Waals surface area contributed by atoms with Gasteiger partial charge in [0.05, 0.1) is 17.8 Å². The third-order valence-electron chi connectivity index (χ3n) is 3.89. The van der Waals surface area contributed by atoms with Crippen LogP contribution >= 0.6 is 11.8 Å². The van der Waals surface area contributed by atoms with Gasteiger partial charge in [-0.25, -0.2) is 4.98 Å². The molecule has 0 radical (unpaired) electrons. The monoisotopic (exact) mass is 377 g/mol. The fraction of sp³-hybridized carbons (Fsp3) is 0.190. The van der Waals surface area contributed by atoms with Gasteiger partial charge in [-0.1, -0.05) is 35.2 Å². The maximum Gasteiger partial charge on any atom is 0.254 e. The number of hydrogen-bond acceptors (Lipinski definition) is 5. The first-order valence-corrected chi connectivity index (χ1v) is 9.45. The first-order valence-electron chi connectivity index (χ1n) is 8.47. The van der Waals surface area contributed by atoms with Gasteiger partial charge in [0.2, 0.25) is 0 Å². The Morgan fingerprint density at radius 2 is 2.00 bits per heavy atom. The average molecular weight is 377 g/mol. The quantitative estimate of drug-likeness (QED) is 0.542. The number of thioether (sulfide) groups is 1. The lowest BCUT2D eigenvalue weighted by molar-refractivity contribution is 0.0955. The number of benzene rings is 1. The Morgan fingerprint density at radius 1 is 1.19 bits per heavy atom. The molecule has 3 rings (SSSR count). The second-order valence-electron chi connectivity index (χ2n) is 5.80. The first-order chi connectivity index (χ1) is 13.1. The van der Waals surface area contributed by atoms with E-state index in [1.54, 1.807) is 18.3 Å². The molecule has 136 valence electrons. The zero-order valence-corrected chi connectivity index (χ0v) is 16.0. The van der Waals surface area contributed by atoms with Crippen molar-refractivity contribution in [2.24, 2.45) is 0 Å². The van der Waals surface area contributed by atoms with Crippen molar-refractivity contribution in [1.29, 1.82) is 0 Å². The van der Waals surface area contributed by atoms with E-state index in [0.29, 0.717) is 16.3 Å². The molecule has 0 bridgehead atoms. The van der Waals surface area contributed by atoms with Gasteiger partial charge in [-0.3, -0.25) is 4.79 Å². The molecule has 0 unspecified atom stereocenters. The number of aromatic nitrogens is 2. The molecule has 3 aromatic rings. The molecule has 0 spiro atoms. The minimum atomic E-state index is -0.188. The second-order valence-corrected chi connectivity index (χ2v) is 6.76. The van der Waals surface area contributed by atoms with Crippen molar-refractivity contribution in [3.63, 3.8) is 0 Å². The normalized spacial score (nSPS) is 10.1. The van der Waals surface area contributed by atoms with Crippen molar-refractivity contribution < 1.29 is 9.32 Å². The molecule has 0 atom stereocenters. The van der Waals surface area contributed by atoms with E-state index in [4.69, 9.17) is 4.52 Å². The molecule has 0 aliphatic carbocycles. The Balaban J connectivity index is 1.63.